The van der Waals surface area contributed by atoms with E-state index in [-0.39, 0.29) is 89.6 Å². The highest BCUT2D eigenvalue weighted by Crippen LogP contribution is 2.26. The Morgan fingerprint density at radius 1 is 0.448 bits per heavy atom. The molecule has 16 atom stereocenters. The van der Waals surface area contributed by atoms with Crippen LogP contribution in [0.1, 0.15) is 124 Å². The summed E-state index contributed by atoms with van der Waals surface area (Å²) in [5.41, 5.74) is 0. The standard InChI is InChI=1S/C56H101N7O24/c1-34(67)59-44-50(77)47(74)38(30-64)85-54(44)82-27-13-5-8-18-41(71)57-21-16-25-62(43(73)20-10-7-15-29-84-56-46(61-36(3)69)52(79)49(76)40(32-66)87-56)23-11-12-24-63(53(80)37(70)33-81-4)26-17-22-58-42(72)19-9-6-14-28-83-55-45(60-35(2)68)51(78)48(75)39(31-65)86-55/h37-40,44-52,54-56,64-66,70,74-79H,5-33H2,1-4H3,(H,57,71)(H,58,72)(H,59,67)(H,60,68)(H,61,69)/t37?,38?,39?,40?,44?,45?,46?,47-,48-,49-,50?,51?,52?,54+,55+,56+/m0/s1. The zero-order valence-electron chi connectivity index (χ0n) is 50.8. The Hall–Kier alpha value is -4.39. The molecule has 7 amide bonds. The first kappa shape index (κ1) is 76.9. The number of hydrogen-bond acceptors (Lipinski definition) is 24. The Balaban J connectivity index is 1.49. The number of ether oxygens (including phenoxy) is 7. The number of amides is 7. The molecular weight excluding hydrogens is 1150 g/mol. The minimum Gasteiger partial charge on any atom is -0.394 e. The molecule has 10 unspecified atom stereocenters. The highest BCUT2D eigenvalue weighted by Gasteiger charge is 2.48. The van der Waals surface area contributed by atoms with Gasteiger partial charge in [0.1, 0.15) is 73.1 Å². The van der Waals surface area contributed by atoms with Crippen LogP contribution < -0.4 is 26.6 Å². The molecule has 31 heteroatoms. The third-order valence-corrected chi connectivity index (χ3v) is 15.0. The fourth-order valence-corrected chi connectivity index (χ4v) is 10.2. The van der Waals surface area contributed by atoms with Crippen molar-refractivity contribution >= 4 is 41.4 Å². The quantitative estimate of drug-likeness (QED) is 0.0254. The van der Waals surface area contributed by atoms with Crippen molar-refractivity contribution in [2.75, 3.05) is 92.6 Å². The van der Waals surface area contributed by atoms with E-state index in [0.29, 0.717) is 96.6 Å². The minimum atomic E-state index is -1.46. The van der Waals surface area contributed by atoms with Crippen LogP contribution in [0.25, 0.3) is 0 Å². The zero-order chi connectivity index (χ0) is 64.4. The van der Waals surface area contributed by atoms with E-state index in [9.17, 15) is 84.6 Å². The topological polar surface area (TPSA) is 453 Å². The van der Waals surface area contributed by atoms with Gasteiger partial charge >= 0.3 is 0 Å². The van der Waals surface area contributed by atoms with Crippen LogP contribution in [0, 0.1) is 0 Å². The van der Waals surface area contributed by atoms with E-state index in [1.165, 1.54) is 32.8 Å². The van der Waals surface area contributed by atoms with Gasteiger partial charge in [-0.2, -0.15) is 0 Å². The van der Waals surface area contributed by atoms with Gasteiger partial charge in [0, 0.05) is 106 Å². The molecule has 0 radical (unpaired) electrons. The Morgan fingerprint density at radius 2 is 0.782 bits per heavy atom. The van der Waals surface area contributed by atoms with E-state index in [0.717, 1.165) is 0 Å². The van der Waals surface area contributed by atoms with Gasteiger partial charge in [-0.05, 0) is 64.2 Å². The second-order valence-corrected chi connectivity index (χ2v) is 22.1. The van der Waals surface area contributed by atoms with Crippen molar-refractivity contribution in [1.29, 1.82) is 0 Å². The Kier molecular flexibility index (Phi) is 37.6. The molecule has 31 nitrogen and oxygen atoms in total. The molecular formula is C56H101N7O24. The summed E-state index contributed by atoms with van der Waals surface area (Å²) >= 11 is 0. The van der Waals surface area contributed by atoms with Gasteiger partial charge in [-0.1, -0.05) is 19.3 Å². The Morgan fingerprint density at radius 3 is 1.13 bits per heavy atom. The van der Waals surface area contributed by atoms with Crippen molar-refractivity contribution in [2.45, 2.75) is 222 Å². The molecule has 3 aliphatic rings. The van der Waals surface area contributed by atoms with Gasteiger partial charge in [0.25, 0.3) is 5.91 Å². The van der Waals surface area contributed by atoms with E-state index in [1.807, 2.05) is 0 Å². The molecule has 3 heterocycles. The molecule has 3 aliphatic heterocycles. The van der Waals surface area contributed by atoms with Crippen molar-refractivity contribution in [2.24, 2.45) is 0 Å². The van der Waals surface area contributed by atoms with E-state index in [4.69, 9.17) is 33.2 Å². The lowest BCUT2D eigenvalue weighted by atomic mass is 9.97. The van der Waals surface area contributed by atoms with Crippen LogP contribution in [-0.4, -0.2) is 293 Å². The third-order valence-electron chi connectivity index (χ3n) is 15.0. The van der Waals surface area contributed by atoms with Crippen LogP contribution >= 0.6 is 0 Å². The highest BCUT2D eigenvalue weighted by atomic mass is 16.7. The highest BCUT2D eigenvalue weighted by molar-refractivity contribution is 5.81. The summed E-state index contributed by atoms with van der Waals surface area (Å²) < 4.78 is 39.1. The number of methoxy groups -OCH3 is 1. The molecule has 504 valence electrons. The number of hydrogen-bond donors (Lipinski definition) is 15. The predicted molar refractivity (Wildman–Crippen MR) is 305 cm³/mol. The van der Waals surface area contributed by atoms with Gasteiger partial charge in [-0.3, -0.25) is 33.6 Å². The molecule has 15 N–H and O–H groups in total. The fraction of sp³-hybridized carbons (Fsp3) is 0.875. The number of nitrogens with one attached hydrogen (secondary N) is 5. The average Bonchev–Trinajstić information content (AvgIpc) is 3.19. The maximum absolute atomic E-state index is 13.8. The normalized spacial score (nSPS) is 27.6. The molecule has 3 rings (SSSR count). The summed E-state index contributed by atoms with van der Waals surface area (Å²) in [6.07, 6.45) is -9.89. The number of aliphatic hydroxyl groups excluding tert-OH is 10. The summed E-state index contributed by atoms with van der Waals surface area (Å²) in [4.78, 5) is 91.1. The van der Waals surface area contributed by atoms with Crippen LogP contribution in [0.2, 0.25) is 0 Å². The number of carbonyl (C=O) groups is 7. The second-order valence-electron chi connectivity index (χ2n) is 22.1. The van der Waals surface area contributed by atoms with Crippen LogP contribution in [-0.2, 0) is 66.7 Å². The summed E-state index contributed by atoms with van der Waals surface area (Å²) in [5.74, 6) is -2.55. The lowest BCUT2D eigenvalue weighted by Crippen LogP contribution is -2.64. The van der Waals surface area contributed by atoms with Crippen LogP contribution in [0.5, 0.6) is 0 Å². The monoisotopic (exact) mass is 1260 g/mol. The van der Waals surface area contributed by atoms with E-state index < -0.39 is 141 Å². The van der Waals surface area contributed by atoms with Crippen LogP contribution in [0.4, 0.5) is 0 Å². The van der Waals surface area contributed by atoms with Crippen molar-refractivity contribution in [1.82, 2.24) is 36.4 Å². The Labute approximate surface area is 508 Å². The number of unbranched alkanes of at least 4 members (excludes halogenated alkanes) is 7. The molecule has 0 saturated carbocycles. The third kappa shape index (κ3) is 27.7. The van der Waals surface area contributed by atoms with E-state index in [1.54, 1.807) is 4.90 Å². The minimum absolute atomic E-state index is 0.112. The zero-order valence-corrected chi connectivity index (χ0v) is 50.8. The van der Waals surface area contributed by atoms with Gasteiger partial charge in [-0.25, -0.2) is 0 Å². The van der Waals surface area contributed by atoms with Gasteiger partial charge in [-0.15, -0.1) is 0 Å². The summed E-state index contributed by atoms with van der Waals surface area (Å²) in [5, 5.41) is 115. The molecule has 3 saturated heterocycles. The predicted octanol–water partition coefficient (Wildman–Crippen LogP) is -4.99. The SMILES string of the molecule is COCC(O)C(=O)N(CCCCN(CCCNC(=O)CCCCCO[C@@H]1OC(CO)[C@H](O)C(O)C1NC(C)=O)C(=O)CCCCCO[C@@H]1OC(CO)[C@H](O)C(O)C1NC(C)=O)CCCNC(=O)CCCCCO[C@@H]1OC(CO)[C@H](O)C(O)C1NC(C)=O. The first-order valence-electron chi connectivity index (χ1n) is 30.4. The van der Waals surface area contributed by atoms with Crippen molar-refractivity contribution in [3.8, 4) is 0 Å². The molecule has 3 fully saturated rings. The van der Waals surface area contributed by atoms with Gasteiger partial charge in [0.15, 0.2) is 25.0 Å². The van der Waals surface area contributed by atoms with E-state index in [2.05, 4.69) is 26.6 Å². The molecule has 0 spiro atoms. The summed E-state index contributed by atoms with van der Waals surface area (Å²) in [6.45, 7) is 3.70. The van der Waals surface area contributed by atoms with Crippen LogP contribution in [0.3, 0.4) is 0 Å². The lowest BCUT2D eigenvalue weighted by Gasteiger charge is -2.42. The lowest BCUT2D eigenvalue weighted by molar-refractivity contribution is -0.270. The molecule has 0 bridgehead atoms. The Bertz CT molecular complexity index is 2020. The first-order valence-corrected chi connectivity index (χ1v) is 30.4. The molecule has 0 aromatic heterocycles. The largest absolute Gasteiger partial charge is 0.394 e. The van der Waals surface area contributed by atoms with Gasteiger partial charge < -0.3 is 121 Å². The summed E-state index contributed by atoms with van der Waals surface area (Å²) in [7, 11) is 1.36. The van der Waals surface area contributed by atoms with Gasteiger partial charge in [0.05, 0.1) is 26.4 Å². The molecule has 0 aromatic carbocycles. The molecule has 0 aromatic rings. The van der Waals surface area contributed by atoms with Crippen LogP contribution in [0.15, 0.2) is 0 Å². The average molecular weight is 1260 g/mol. The van der Waals surface area contributed by atoms with Crippen molar-refractivity contribution in [3.05, 3.63) is 0 Å². The first-order chi connectivity index (χ1) is 41.6. The van der Waals surface area contributed by atoms with Crippen molar-refractivity contribution in [3.63, 3.8) is 0 Å². The smallest absolute Gasteiger partial charge is 0.253 e. The summed E-state index contributed by atoms with van der Waals surface area (Å²) in [6, 6.07) is -3.22. The molecule has 0 aliphatic carbocycles. The number of aliphatic hydroxyl groups is 10. The molecule has 87 heavy (non-hydrogen) atoms. The van der Waals surface area contributed by atoms with Gasteiger partial charge in [0.2, 0.25) is 35.4 Å². The second kappa shape index (κ2) is 42.6. The maximum atomic E-state index is 13.8. The van der Waals surface area contributed by atoms with E-state index >= 15 is 0 Å². The fourth-order valence-electron chi connectivity index (χ4n) is 10.2. The maximum Gasteiger partial charge on any atom is 0.253 e. The number of nitrogens with zero attached hydrogens (tertiary/aromatic N) is 2. The number of rotatable bonds is 43. The number of carbonyl (C=O) groups excluding carboxylic acids is 7. The van der Waals surface area contributed by atoms with Crippen molar-refractivity contribution < 1.29 is 118 Å².